The van der Waals surface area contributed by atoms with E-state index in [4.69, 9.17) is 0 Å². The normalized spacial score (nSPS) is 21.4. The largest absolute Gasteiger partial charge is 0.307 e. The van der Waals surface area contributed by atoms with Gasteiger partial charge in [-0.3, -0.25) is 4.79 Å². The summed E-state index contributed by atoms with van der Waals surface area (Å²) < 4.78 is 52.9. The summed E-state index contributed by atoms with van der Waals surface area (Å²) >= 11 is 0. The number of sulfone groups is 1. The number of aromatic nitrogens is 2. The van der Waals surface area contributed by atoms with Gasteiger partial charge in [0.15, 0.2) is 9.84 Å². The molecule has 2 fully saturated rings. The monoisotopic (exact) mass is 494 g/mol. The average molecular weight is 495 g/mol. The number of amides is 1. The minimum atomic E-state index is -3.65. The maximum atomic E-state index is 13.1. The quantitative estimate of drug-likeness (QED) is 0.683. The Morgan fingerprint density at radius 3 is 2.45 bits per heavy atom. The van der Waals surface area contributed by atoms with Gasteiger partial charge in [-0.2, -0.15) is 9.40 Å². The number of rotatable bonds is 5. The highest BCUT2D eigenvalue weighted by Crippen LogP contribution is 2.31. The second-order valence-corrected chi connectivity index (χ2v) is 13.9. The lowest BCUT2D eigenvalue weighted by Gasteiger charge is -2.16. The molecule has 1 atom stereocenters. The van der Waals surface area contributed by atoms with Crippen molar-refractivity contribution < 1.29 is 21.6 Å². The molecule has 1 aromatic carbocycles. The van der Waals surface area contributed by atoms with Crippen molar-refractivity contribution in [3.05, 3.63) is 41.6 Å². The first-order valence-electron chi connectivity index (χ1n) is 11.1. The number of benzene rings is 1. The predicted molar refractivity (Wildman–Crippen MR) is 126 cm³/mol. The van der Waals surface area contributed by atoms with E-state index in [-0.39, 0.29) is 33.4 Å². The van der Waals surface area contributed by atoms with Gasteiger partial charge in [0.25, 0.3) is 5.91 Å². The summed E-state index contributed by atoms with van der Waals surface area (Å²) in [7, 11) is -6.79. The Morgan fingerprint density at radius 2 is 1.85 bits per heavy atom. The van der Waals surface area contributed by atoms with Crippen molar-refractivity contribution in [2.75, 3.05) is 29.9 Å². The molecule has 180 valence electrons. The third-order valence-electron chi connectivity index (χ3n) is 6.10. The SMILES string of the molecule is CC(C)(C)c1cc(NC(=O)c2cccc(S(=O)(=O)N3CCCC3)c2)n([C@H]2CCS(=O)(=O)C2)n1. The van der Waals surface area contributed by atoms with Crippen molar-refractivity contribution in [3.8, 4) is 0 Å². The number of nitrogens with zero attached hydrogens (tertiary/aromatic N) is 3. The van der Waals surface area contributed by atoms with Crippen molar-refractivity contribution >= 4 is 31.6 Å². The van der Waals surface area contributed by atoms with Crippen LogP contribution in [0.3, 0.4) is 0 Å². The molecule has 2 aliphatic heterocycles. The summed E-state index contributed by atoms with van der Waals surface area (Å²) in [5, 5.41) is 7.45. The number of hydrogen-bond donors (Lipinski definition) is 1. The van der Waals surface area contributed by atoms with Gasteiger partial charge in [-0.25, -0.2) is 21.5 Å². The highest BCUT2D eigenvalue weighted by atomic mass is 32.2. The zero-order valence-electron chi connectivity index (χ0n) is 19.1. The Morgan fingerprint density at radius 1 is 1.15 bits per heavy atom. The van der Waals surface area contributed by atoms with Gasteiger partial charge in [0.1, 0.15) is 5.82 Å². The number of carbonyl (C=O) groups excluding carboxylic acids is 1. The lowest BCUT2D eigenvalue weighted by Crippen LogP contribution is -2.28. The molecule has 0 aliphatic carbocycles. The number of anilines is 1. The van der Waals surface area contributed by atoms with Crippen LogP contribution in [0.4, 0.5) is 5.82 Å². The molecule has 2 aliphatic rings. The molecule has 1 aromatic heterocycles. The molecule has 33 heavy (non-hydrogen) atoms. The Kier molecular flexibility index (Phi) is 6.17. The average Bonchev–Trinajstić information content (AvgIpc) is 3.47. The van der Waals surface area contributed by atoms with Crippen LogP contribution in [0.2, 0.25) is 0 Å². The predicted octanol–water partition coefficient (Wildman–Crippen LogP) is 2.58. The topological polar surface area (TPSA) is 118 Å². The molecule has 4 rings (SSSR count). The van der Waals surface area contributed by atoms with E-state index >= 15 is 0 Å². The van der Waals surface area contributed by atoms with Crippen LogP contribution in [0.5, 0.6) is 0 Å². The van der Waals surface area contributed by atoms with Crippen LogP contribution in [-0.2, 0) is 25.3 Å². The van der Waals surface area contributed by atoms with Gasteiger partial charge in [-0.05, 0) is 37.5 Å². The summed E-state index contributed by atoms with van der Waals surface area (Å²) in [5.41, 5.74) is 0.637. The van der Waals surface area contributed by atoms with Crippen LogP contribution in [-0.4, -0.2) is 61.4 Å². The van der Waals surface area contributed by atoms with E-state index in [1.807, 2.05) is 20.8 Å². The molecule has 1 N–H and O–H groups in total. The lowest BCUT2D eigenvalue weighted by molar-refractivity contribution is 0.102. The van der Waals surface area contributed by atoms with Crippen molar-refractivity contribution in [1.82, 2.24) is 14.1 Å². The van der Waals surface area contributed by atoms with Gasteiger partial charge < -0.3 is 5.32 Å². The van der Waals surface area contributed by atoms with Crippen LogP contribution >= 0.6 is 0 Å². The lowest BCUT2D eigenvalue weighted by atomic mass is 9.92. The molecule has 0 radical (unpaired) electrons. The van der Waals surface area contributed by atoms with Crippen molar-refractivity contribution in [3.63, 3.8) is 0 Å². The Labute approximate surface area is 195 Å². The molecule has 0 spiro atoms. The highest BCUT2D eigenvalue weighted by molar-refractivity contribution is 7.91. The maximum Gasteiger partial charge on any atom is 0.256 e. The summed E-state index contributed by atoms with van der Waals surface area (Å²) in [6.07, 6.45) is 2.09. The van der Waals surface area contributed by atoms with Gasteiger partial charge in [-0.1, -0.05) is 26.8 Å². The number of hydrogen-bond acceptors (Lipinski definition) is 6. The first-order chi connectivity index (χ1) is 15.4. The van der Waals surface area contributed by atoms with Crippen LogP contribution in [0.15, 0.2) is 35.2 Å². The van der Waals surface area contributed by atoms with E-state index in [1.54, 1.807) is 22.9 Å². The van der Waals surface area contributed by atoms with Gasteiger partial charge in [0.2, 0.25) is 10.0 Å². The van der Waals surface area contributed by atoms with Gasteiger partial charge in [0.05, 0.1) is 28.1 Å². The van der Waals surface area contributed by atoms with Crippen molar-refractivity contribution in [2.24, 2.45) is 0 Å². The summed E-state index contributed by atoms with van der Waals surface area (Å²) in [6, 6.07) is 7.39. The number of sulfonamides is 1. The van der Waals surface area contributed by atoms with Crippen LogP contribution in [0.1, 0.15) is 62.1 Å². The molecule has 0 saturated carbocycles. The van der Waals surface area contributed by atoms with Crippen LogP contribution in [0.25, 0.3) is 0 Å². The minimum Gasteiger partial charge on any atom is -0.307 e. The fourth-order valence-electron chi connectivity index (χ4n) is 4.16. The van der Waals surface area contributed by atoms with E-state index in [0.717, 1.165) is 18.5 Å². The van der Waals surface area contributed by atoms with E-state index in [2.05, 4.69) is 10.4 Å². The molecule has 1 amide bonds. The second kappa shape index (κ2) is 8.52. The summed E-state index contributed by atoms with van der Waals surface area (Å²) in [5.74, 6) is -0.00703. The molecule has 3 heterocycles. The number of carbonyl (C=O) groups is 1. The summed E-state index contributed by atoms with van der Waals surface area (Å²) in [4.78, 5) is 13.2. The Balaban J connectivity index is 1.63. The Hall–Kier alpha value is -2.24. The number of nitrogens with one attached hydrogen (secondary N) is 1. The molecular weight excluding hydrogens is 464 g/mol. The molecule has 9 nitrogen and oxygen atoms in total. The third kappa shape index (κ3) is 4.99. The molecule has 2 saturated heterocycles. The van der Waals surface area contributed by atoms with Gasteiger partial charge in [-0.15, -0.1) is 0 Å². The van der Waals surface area contributed by atoms with E-state index in [1.165, 1.54) is 16.4 Å². The fourth-order valence-corrected chi connectivity index (χ4v) is 7.42. The first-order valence-corrected chi connectivity index (χ1v) is 14.3. The van der Waals surface area contributed by atoms with E-state index in [9.17, 15) is 21.6 Å². The molecular formula is C22H30N4O5S2. The van der Waals surface area contributed by atoms with Gasteiger partial charge in [0, 0.05) is 30.1 Å². The standard InChI is InChI=1S/C22H30N4O5S2/c1-22(2,3)19-14-20(26(24-19)17-9-12-32(28,29)15-17)23-21(27)16-7-6-8-18(13-16)33(30,31)25-10-4-5-11-25/h6-8,13-14,17H,4-5,9-12,15H2,1-3H3,(H,23,27)/t17-/m0/s1. The highest BCUT2D eigenvalue weighted by Gasteiger charge is 2.33. The molecule has 0 unspecified atom stereocenters. The van der Waals surface area contributed by atoms with E-state index in [0.29, 0.717) is 25.3 Å². The van der Waals surface area contributed by atoms with Crippen molar-refractivity contribution in [1.29, 1.82) is 0 Å². The second-order valence-electron chi connectivity index (χ2n) is 9.76. The third-order valence-corrected chi connectivity index (χ3v) is 9.74. The maximum absolute atomic E-state index is 13.1. The van der Waals surface area contributed by atoms with Gasteiger partial charge >= 0.3 is 0 Å². The summed E-state index contributed by atoms with van der Waals surface area (Å²) in [6.45, 7) is 6.94. The zero-order valence-corrected chi connectivity index (χ0v) is 20.7. The smallest absolute Gasteiger partial charge is 0.256 e. The zero-order chi connectivity index (χ0) is 24.0. The van der Waals surface area contributed by atoms with Crippen LogP contribution < -0.4 is 5.32 Å². The van der Waals surface area contributed by atoms with Crippen LogP contribution in [0, 0.1) is 0 Å². The van der Waals surface area contributed by atoms with E-state index < -0.39 is 25.8 Å². The molecule has 0 bridgehead atoms. The fraction of sp³-hybridized carbons (Fsp3) is 0.545. The minimum absolute atomic E-state index is 0.0231. The molecule has 2 aromatic rings. The Bertz CT molecular complexity index is 1270. The molecule has 11 heteroatoms. The first kappa shape index (κ1) is 23.9. The van der Waals surface area contributed by atoms with Crippen molar-refractivity contribution in [2.45, 2.75) is 56.4 Å².